The van der Waals surface area contributed by atoms with Gasteiger partial charge in [0.2, 0.25) is 0 Å². The zero-order valence-corrected chi connectivity index (χ0v) is 11.3. The maximum absolute atomic E-state index is 13.4. The maximum atomic E-state index is 13.4. The van der Waals surface area contributed by atoms with Gasteiger partial charge in [-0.25, -0.2) is 8.78 Å². The fourth-order valence-corrected chi connectivity index (χ4v) is 2.00. The summed E-state index contributed by atoms with van der Waals surface area (Å²) in [4.78, 5) is 0. The number of benzene rings is 1. The van der Waals surface area contributed by atoms with Crippen LogP contribution in [0.25, 0.3) is 0 Å². The maximum Gasteiger partial charge on any atom is 0.146 e. The highest BCUT2D eigenvalue weighted by molar-refractivity contribution is 5.45. The van der Waals surface area contributed by atoms with Crippen LogP contribution in [0.1, 0.15) is 52.4 Å². The highest BCUT2D eigenvalue weighted by atomic mass is 19.1. The van der Waals surface area contributed by atoms with Gasteiger partial charge in [-0.3, -0.25) is 0 Å². The van der Waals surface area contributed by atoms with Crippen molar-refractivity contribution in [1.29, 1.82) is 0 Å². The Hall–Kier alpha value is -1.12. The van der Waals surface area contributed by atoms with Gasteiger partial charge in [0.25, 0.3) is 0 Å². The molecule has 1 N–H and O–H groups in total. The predicted molar refractivity (Wildman–Crippen MR) is 72.8 cm³/mol. The van der Waals surface area contributed by atoms with Crippen molar-refractivity contribution in [3.63, 3.8) is 0 Å². The van der Waals surface area contributed by atoms with Gasteiger partial charge in [-0.2, -0.15) is 0 Å². The van der Waals surface area contributed by atoms with Crippen LogP contribution in [0.5, 0.6) is 0 Å². The topological polar surface area (TPSA) is 12.0 Å². The van der Waals surface area contributed by atoms with E-state index < -0.39 is 11.6 Å². The van der Waals surface area contributed by atoms with Crippen LogP contribution in [0, 0.1) is 11.6 Å². The van der Waals surface area contributed by atoms with E-state index in [1.807, 2.05) is 6.92 Å². The Morgan fingerprint density at radius 1 is 1.11 bits per heavy atom. The largest absolute Gasteiger partial charge is 0.380 e. The van der Waals surface area contributed by atoms with Crippen LogP contribution in [0.2, 0.25) is 0 Å². The second kappa shape index (κ2) is 8.06. The van der Waals surface area contributed by atoms with Gasteiger partial charge in [0, 0.05) is 6.04 Å². The van der Waals surface area contributed by atoms with Gasteiger partial charge in [-0.1, -0.05) is 39.0 Å². The van der Waals surface area contributed by atoms with E-state index in [-0.39, 0.29) is 11.7 Å². The molecule has 0 aliphatic heterocycles. The summed E-state index contributed by atoms with van der Waals surface area (Å²) >= 11 is 0. The van der Waals surface area contributed by atoms with Crippen molar-refractivity contribution in [2.24, 2.45) is 0 Å². The molecule has 0 aliphatic carbocycles. The predicted octanol–water partition coefficient (Wildman–Crippen LogP) is 5.13. The molecule has 1 unspecified atom stereocenters. The summed E-state index contributed by atoms with van der Waals surface area (Å²) in [5, 5.41) is 3.03. The molecule has 18 heavy (non-hydrogen) atoms. The molecule has 102 valence electrons. The standard InChI is InChI=1S/C15H23F2N/c1-3-4-5-6-7-8-12(2)18-15-11-13(16)9-10-14(15)17/h9-12,18H,3-8H2,1-2H3. The first-order valence-electron chi connectivity index (χ1n) is 6.85. The third-order valence-corrected chi connectivity index (χ3v) is 3.07. The highest BCUT2D eigenvalue weighted by Crippen LogP contribution is 2.18. The SMILES string of the molecule is CCCCCCCC(C)Nc1cc(F)ccc1F. The molecule has 3 heteroatoms. The smallest absolute Gasteiger partial charge is 0.146 e. The number of hydrogen-bond acceptors (Lipinski definition) is 1. The zero-order chi connectivity index (χ0) is 13.4. The van der Waals surface area contributed by atoms with Gasteiger partial charge in [-0.05, 0) is 31.5 Å². The van der Waals surface area contributed by atoms with Crippen LogP contribution < -0.4 is 5.32 Å². The fourth-order valence-electron chi connectivity index (χ4n) is 2.00. The van der Waals surface area contributed by atoms with Crippen molar-refractivity contribution < 1.29 is 8.78 Å². The van der Waals surface area contributed by atoms with Gasteiger partial charge in [0.05, 0.1) is 5.69 Å². The summed E-state index contributed by atoms with van der Waals surface area (Å²) in [6.45, 7) is 4.20. The number of hydrogen-bond donors (Lipinski definition) is 1. The van der Waals surface area contributed by atoms with Gasteiger partial charge in [0.15, 0.2) is 0 Å². The van der Waals surface area contributed by atoms with Crippen molar-refractivity contribution >= 4 is 5.69 Å². The molecule has 0 aliphatic rings. The van der Waals surface area contributed by atoms with Crippen LogP contribution in [-0.2, 0) is 0 Å². The lowest BCUT2D eigenvalue weighted by Gasteiger charge is -2.15. The minimum Gasteiger partial charge on any atom is -0.380 e. The monoisotopic (exact) mass is 255 g/mol. The average Bonchev–Trinajstić information content (AvgIpc) is 2.33. The number of rotatable bonds is 8. The lowest BCUT2D eigenvalue weighted by Crippen LogP contribution is -2.16. The summed E-state index contributed by atoms with van der Waals surface area (Å²) < 4.78 is 26.4. The minimum atomic E-state index is -0.408. The Labute approximate surface area is 109 Å². The van der Waals surface area contributed by atoms with Gasteiger partial charge >= 0.3 is 0 Å². The Bertz CT molecular complexity index is 352. The van der Waals surface area contributed by atoms with Crippen LogP contribution in [0.4, 0.5) is 14.5 Å². The minimum absolute atomic E-state index is 0.169. The molecular weight excluding hydrogens is 232 g/mol. The van der Waals surface area contributed by atoms with Crippen molar-refractivity contribution in [1.82, 2.24) is 0 Å². The quantitative estimate of drug-likeness (QED) is 0.635. The average molecular weight is 255 g/mol. The second-order valence-corrected chi connectivity index (χ2v) is 4.87. The van der Waals surface area contributed by atoms with Gasteiger partial charge in [0.1, 0.15) is 11.6 Å². The van der Waals surface area contributed by atoms with E-state index in [0.29, 0.717) is 0 Å². The molecule has 0 fully saturated rings. The van der Waals surface area contributed by atoms with Crippen molar-refractivity contribution in [3.8, 4) is 0 Å². The molecule has 0 saturated heterocycles. The van der Waals surface area contributed by atoms with Crippen LogP contribution in [-0.4, -0.2) is 6.04 Å². The van der Waals surface area contributed by atoms with Gasteiger partial charge in [-0.15, -0.1) is 0 Å². The first-order chi connectivity index (χ1) is 8.63. The molecule has 0 spiro atoms. The van der Waals surface area contributed by atoms with E-state index in [1.54, 1.807) is 0 Å². The molecule has 0 radical (unpaired) electrons. The van der Waals surface area contributed by atoms with E-state index in [2.05, 4.69) is 12.2 Å². The van der Waals surface area contributed by atoms with E-state index >= 15 is 0 Å². The Morgan fingerprint density at radius 2 is 1.83 bits per heavy atom. The summed E-state index contributed by atoms with van der Waals surface area (Å²) in [7, 11) is 0. The molecule has 1 nitrogen and oxygen atoms in total. The molecule has 0 heterocycles. The molecule has 1 rings (SSSR count). The summed E-state index contributed by atoms with van der Waals surface area (Å²) in [5.41, 5.74) is 0.260. The Balaban J connectivity index is 2.30. The lowest BCUT2D eigenvalue weighted by atomic mass is 10.1. The molecular formula is C15H23F2N. The number of nitrogens with one attached hydrogen (secondary N) is 1. The van der Waals surface area contributed by atoms with Crippen molar-refractivity contribution in [2.75, 3.05) is 5.32 Å². The third kappa shape index (κ3) is 5.48. The normalized spacial score (nSPS) is 12.4. The third-order valence-electron chi connectivity index (χ3n) is 3.07. The summed E-state index contributed by atoms with van der Waals surface area (Å²) in [6, 6.07) is 3.67. The number of anilines is 1. The van der Waals surface area contributed by atoms with Crippen LogP contribution in [0.15, 0.2) is 18.2 Å². The molecule has 0 saturated carbocycles. The van der Waals surface area contributed by atoms with Crippen molar-refractivity contribution in [3.05, 3.63) is 29.8 Å². The fraction of sp³-hybridized carbons (Fsp3) is 0.600. The molecule has 1 aromatic carbocycles. The summed E-state index contributed by atoms with van der Waals surface area (Å²) in [6.07, 6.45) is 7.11. The molecule has 0 amide bonds. The number of unbranched alkanes of at least 4 members (excludes halogenated alkanes) is 4. The first kappa shape index (κ1) is 14.9. The Kier molecular flexibility index (Phi) is 6.69. The Morgan fingerprint density at radius 3 is 2.56 bits per heavy atom. The zero-order valence-electron chi connectivity index (χ0n) is 11.3. The van der Waals surface area contributed by atoms with Crippen molar-refractivity contribution in [2.45, 2.75) is 58.4 Å². The molecule has 1 aromatic rings. The van der Waals surface area contributed by atoms with Crippen LogP contribution >= 0.6 is 0 Å². The molecule has 0 aromatic heterocycles. The van der Waals surface area contributed by atoms with Gasteiger partial charge < -0.3 is 5.32 Å². The highest BCUT2D eigenvalue weighted by Gasteiger charge is 2.07. The summed E-state index contributed by atoms with van der Waals surface area (Å²) in [5.74, 6) is -0.803. The molecule has 1 atom stereocenters. The van der Waals surface area contributed by atoms with Crippen LogP contribution in [0.3, 0.4) is 0 Å². The lowest BCUT2D eigenvalue weighted by molar-refractivity contribution is 0.570. The van der Waals surface area contributed by atoms with E-state index in [0.717, 1.165) is 25.0 Å². The second-order valence-electron chi connectivity index (χ2n) is 4.87. The van der Waals surface area contributed by atoms with E-state index in [4.69, 9.17) is 0 Å². The first-order valence-corrected chi connectivity index (χ1v) is 6.85. The molecule has 0 bridgehead atoms. The number of halogens is 2. The van der Waals surface area contributed by atoms with E-state index in [1.165, 1.54) is 31.7 Å². The van der Waals surface area contributed by atoms with E-state index in [9.17, 15) is 8.78 Å².